The number of nitrogens with one attached hydrogen (secondary N) is 1. The van der Waals surface area contributed by atoms with Gasteiger partial charge in [-0.15, -0.1) is 0 Å². The Kier molecular flexibility index (Phi) is 9.04. The predicted molar refractivity (Wildman–Crippen MR) is 142 cm³/mol. The standard InChI is InChI=1S/C28H32FN3O4S/c1-20(2)30-28(34)22(4)31(18-23-12-14-24(29)15-13-23)27(33)19-32(25-16-10-21(3)11-17-25)37(35,36)26-8-6-5-7-9-26/h5-17,20,22H,18-19H2,1-4H3,(H,30,34). The fourth-order valence-corrected chi connectivity index (χ4v) is 5.17. The van der Waals surface area contributed by atoms with Gasteiger partial charge in [0.1, 0.15) is 18.4 Å². The lowest BCUT2D eigenvalue weighted by atomic mass is 10.1. The lowest BCUT2D eigenvalue weighted by Gasteiger charge is -2.32. The van der Waals surface area contributed by atoms with Crippen LogP contribution in [0.1, 0.15) is 31.9 Å². The van der Waals surface area contributed by atoms with Crippen LogP contribution in [0.3, 0.4) is 0 Å². The second-order valence-electron chi connectivity index (χ2n) is 9.15. The van der Waals surface area contributed by atoms with Crippen molar-refractivity contribution in [2.24, 2.45) is 0 Å². The van der Waals surface area contributed by atoms with Crippen molar-refractivity contribution < 1.29 is 22.4 Å². The highest BCUT2D eigenvalue weighted by Crippen LogP contribution is 2.25. The molecule has 2 amide bonds. The highest BCUT2D eigenvalue weighted by Gasteiger charge is 2.32. The molecule has 3 aromatic rings. The Morgan fingerprint density at radius 1 is 0.892 bits per heavy atom. The lowest BCUT2D eigenvalue weighted by Crippen LogP contribution is -2.52. The van der Waals surface area contributed by atoms with Crippen LogP contribution in [0.5, 0.6) is 0 Å². The number of carbonyl (C=O) groups is 2. The Labute approximate surface area is 218 Å². The molecule has 0 saturated carbocycles. The SMILES string of the molecule is Cc1ccc(N(CC(=O)N(Cc2ccc(F)cc2)C(C)C(=O)NC(C)C)S(=O)(=O)c2ccccc2)cc1. The number of amides is 2. The van der Waals surface area contributed by atoms with E-state index < -0.39 is 34.3 Å². The molecule has 0 heterocycles. The zero-order valence-electron chi connectivity index (χ0n) is 21.4. The summed E-state index contributed by atoms with van der Waals surface area (Å²) in [7, 11) is -4.10. The van der Waals surface area contributed by atoms with E-state index >= 15 is 0 Å². The fraction of sp³-hybridized carbons (Fsp3) is 0.286. The molecule has 0 aliphatic rings. The summed E-state index contributed by atoms with van der Waals surface area (Å²) in [4.78, 5) is 28.0. The largest absolute Gasteiger partial charge is 0.352 e. The van der Waals surface area contributed by atoms with Crippen molar-refractivity contribution in [2.45, 2.75) is 51.2 Å². The van der Waals surface area contributed by atoms with E-state index in [-0.39, 0.29) is 23.4 Å². The first-order chi connectivity index (χ1) is 17.5. The first-order valence-electron chi connectivity index (χ1n) is 12.0. The Bertz CT molecular complexity index is 1310. The van der Waals surface area contributed by atoms with Gasteiger partial charge in [-0.25, -0.2) is 12.8 Å². The van der Waals surface area contributed by atoms with E-state index in [0.717, 1.165) is 9.87 Å². The summed E-state index contributed by atoms with van der Waals surface area (Å²) in [5.74, 6) is -1.37. The molecule has 3 aromatic carbocycles. The summed E-state index contributed by atoms with van der Waals surface area (Å²) in [6.45, 7) is 6.55. The van der Waals surface area contributed by atoms with E-state index in [4.69, 9.17) is 0 Å². The van der Waals surface area contributed by atoms with Gasteiger partial charge in [-0.05, 0) is 69.7 Å². The molecule has 3 rings (SSSR count). The number of anilines is 1. The molecule has 1 N–H and O–H groups in total. The van der Waals surface area contributed by atoms with Gasteiger partial charge in [0, 0.05) is 12.6 Å². The topological polar surface area (TPSA) is 86.8 Å². The minimum absolute atomic E-state index is 0.00107. The Morgan fingerprint density at radius 2 is 1.49 bits per heavy atom. The molecule has 0 bridgehead atoms. The first-order valence-corrected chi connectivity index (χ1v) is 13.4. The van der Waals surface area contributed by atoms with Crippen molar-refractivity contribution in [1.82, 2.24) is 10.2 Å². The predicted octanol–water partition coefficient (Wildman–Crippen LogP) is 4.27. The van der Waals surface area contributed by atoms with E-state index in [0.29, 0.717) is 11.3 Å². The lowest BCUT2D eigenvalue weighted by molar-refractivity contribution is -0.139. The van der Waals surface area contributed by atoms with E-state index in [2.05, 4.69) is 5.32 Å². The smallest absolute Gasteiger partial charge is 0.264 e. The van der Waals surface area contributed by atoms with Gasteiger partial charge < -0.3 is 10.2 Å². The average molecular weight is 526 g/mol. The number of aryl methyl sites for hydroxylation is 1. The molecule has 0 aromatic heterocycles. The molecule has 0 aliphatic heterocycles. The number of hydrogen-bond donors (Lipinski definition) is 1. The fourth-order valence-electron chi connectivity index (χ4n) is 3.73. The molecule has 196 valence electrons. The molecule has 0 saturated heterocycles. The van der Waals surface area contributed by atoms with Gasteiger partial charge in [-0.2, -0.15) is 0 Å². The number of hydrogen-bond acceptors (Lipinski definition) is 4. The third-order valence-corrected chi connectivity index (χ3v) is 7.58. The number of carbonyl (C=O) groups excluding carboxylic acids is 2. The number of halogens is 1. The molecule has 0 aliphatic carbocycles. The molecule has 1 atom stereocenters. The molecule has 37 heavy (non-hydrogen) atoms. The second kappa shape index (κ2) is 12.0. The van der Waals surface area contributed by atoms with E-state index in [1.165, 1.54) is 41.3 Å². The van der Waals surface area contributed by atoms with Crippen molar-refractivity contribution in [3.8, 4) is 0 Å². The van der Waals surface area contributed by atoms with Crippen LogP contribution in [-0.2, 0) is 26.2 Å². The van der Waals surface area contributed by atoms with Gasteiger partial charge in [0.2, 0.25) is 11.8 Å². The van der Waals surface area contributed by atoms with Crippen molar-refractivity contribution in [3.05, 3.63) is 95.8 Å². The maximum absolute atomic E-state index is 13.7. The zero-order valence-corrected chi connectivity index (χ0v) is 22.2. The summed E-state index contributed by atoms with van der Waals surface area (Å²) < 4.78 is 41.8. The van der Waals surface area contributed by atoms with Crippen LogP contribution < -0.4 is 9.62 Å². The van der Waals surface area contributed by atoms with Crippen LogP contribution >= 0.6 is 0 Å². The minimum atomic E-state index is -4.10. The maximum atomic E-state index is 13.7. The third kappa shape index (κ3) is 7.16. The van der Waals surface area contributed by atoms with Crippen LogP contribution in [0.25, 0.3) is 0 Å². The number of sulfonamides is 1. The average Bonchev–Trinajstić information content (AvgIpc) is 2.87. The molecular formula is C28H32FN3O4S. The highest BCUT2D eigenvalue weighted by atomic mass is 32.2. The molecule has 0 radical (unpaired) electrons. The number of rotatable bonds is 10. The van der Waals surface area contributed by atoms with Gasteiger partial charge >= 0.3 is 0 Å². The number of benzene rings is 3. The molecule has 7 nitrogen and oxygen atoms in total. The summed E-state index contributed by atoms with van der Waals surface area (Å²) >= 11 is 0. The Morgan fingerprint density at radius 3 is 2.05 bits per heavy atom. The third-order valence-electron chi connectivity index (χ3n) is 5.80. The van der Waals surface area contributed by atoms with Crippen LogP contribution in [-0.4, -0.2) is 43.8 Å². The summed E-state index contributed by atoms with van der Waals surface area (Å²) in [5.41, 5.74) is 1.86. The quantitative estimate of drug-likeness (QED) is 0.428. The molecule has 0 fully saturated rings. The van der Waals surface area contributed by atoms with Gasteiger partial charge in [0.15, 0.2) is 0 Å². The van der Waals surface area contributed by atoms with Gasteiger partial charge in [-0.3, -0.25) is 13.9 Å². The normalized spacial score (nSPS) is 12.2. The van der Waals surface area contributed by atoms with Crippen LogP contribution in [0, 0.1) is 12.7 Å². The van der Waals surface area contributed by atoms with E-state index in [1.807, 2.05) is 20.8 Å². The highest BCUT2D eigenvalue weighted by molar-refractivity contribution is 7.92. The first kappa shape index (κ1) is 27.9. The zero-order chi connectivity index (χ0) is 27.2. The van der Waals surface area contributed by atoms with E-state index in [9.17, 15) is 22.4 Å². The Balaban J connectivity index is 2.00. The van der Waals surface area contributed by atoms with Crippen molar-refractivity contribution >= 4 is 27.5 Å². The number of nitrogens with zero attached hydrogens (tertiary/aromatic N) is 2. The van der Waals surface area contributed by atoms with Crippen LogP contribution in [0.4, 0.5) is 10.1 Å². The van der Waals surface area contributed by atoms with E-state index in [1.54, 1.807) is 49.4 Å². The van der Waals surface area contributed by atoms with Crippen molar-refractivity contribution in [1.29, 1.82) is 0 Å². The summed E-state index contributed by atoms with van der Waals surface area (Å²) in [5, 5.41) is 2.80. The molecular weight excluding hydrogens is 493 g/mol. The van der Waals surface area contributed by atoms with Gasteiger partial charge in [0.25, 0.3) is 10.0 Å². The Hall–Kier alpha value is -3.72. The summed E-state index contributed by atoms with van der Waals surface area (Å²) in [6, 6.07) is 19.2. The maximum Gasteiger partial charge on any atom is 0.264 e. The molecule has 9 heteroatoms. The van der Waals surface area contributed by atoms with Crippen molar-refractivity contribution in [3.63, 3.8) is 0 Å². The summed E-state index contributed by atoms with van der Waals surface area (Å²) in [6.07, 6.45) is 0. The van der Waals surface area contributed by atoms with Gasteiger partial charge in [-0.1, -0.05) is 48.0 Å². The monoisotopic (exact) mass is 525 g/mol. The van der Waals surface area contributed by atoms with Crippen LogP contribution in [0.2, 0.25) is 0 Å². The molecule has 1 unspecified atom stereocenters. The molecule has 0 spiro atoms. The minimum Gasteiger partial charge on any atom is -0.352 e. The van der Waals surface area contributed by atoms with Gasteiger partial charge in [0.05, 0.1) is 10.6 Å². The van der Waals surface area contributed by atoms with Crippen molar-refractivity contribution in [2.75, 3.05) is 10.8 Å². The second-order valence-corrected chi connectivity index (χ2v) is 11.0. The van der Waals surface area contributed by atoms with Crippen LogP contribution in [0.15, 0.2) is 83.8 Å².